The molecule has 0 N–H and O–H groups in total. The lowest BCUT2D eigenvalue weighted by Crippen LogP contribution is -2.22. The summed E-state index contributed by atoms with van der Waals surface area (Å²) < 4.78 is 6.75. The van der Waals surface area contributed by atoms with Crippen LogP contribution in [0.25, 0.3) is 0 Å². The van der Waals surface area contributed by atoms with Gasteiger partial charge < -0.3 is 4.74 Å². The first-order valence-electron chi connectivity index (χ1n) is 5.85. The van der Waals surface area contributed by atoms with Crippen molar-refractivity contribution in [3.63, 3.8) is 0 Å². The molecule has 0 fully saturated rings. The summed E-state index contributed by atoms with van der Waals surface area (Å²) in [5.74, 6) is 0.243. The minimum Gasteiger partial charge on any atom is -0.485 e. The lowest BCUT2D eigenvalue weighted by molar-refractivity contribution is 0.302. The summed E-state index contributed by atoms with van der Waals surface area (Å²) in [4.78, 5) is 11.8. The number of halogens is 3. The summed E-state index contributed by atoms with van der Waals surface area (Å²) in [7, 11) is 0. The summed E-state index contributed by atoms with van der Waals surface area (Å²) in [6, 6.07) is 5.15. The third-order valence-corrected chi connectivity index (χ3v) is 3.72. The SMILES string of the molecule is CCn1ncc(OCc2ccc(Cl)c(Cl)c2)c(Cl)c1=O. The number of rotatable bonds is 4. The largest absolute Gasteiger partial charge is 0.485 e. The molecule has 1 aromatic carbocycles. The molecule has 0 saturated heterocycles. The Morgan fingerprint density at radius 3 is 2.65 bits per heavy atom. The molecule has 1 heterocycles. The van der Waals surface area contributed by atoms with Gasteiger partial charge in [0.05, 0.1) is 16.2 Å². The van der Waals surface area contributed by atoms with Crippen LogP contribution in [-0.2, 0) is 13.2 Å². The minimum absolute atomic E-state index is 0.0157. The normalized spacial score (nSPS) is 10.6. The molecule has 106 valence electrons. The number of benzene rings is 1. The van der Waals surface area contributed by atoms with Gasteiger partial charge >= 0.3 is 0 Å². The summed E-state index contributed by atoms with van der Waals surface area (Å²) in [5.41, 5.74) is 0.441. The van der Waals surface area contributed by atoms with Gasteiger partial charge in [0.2, 0.25) is 0 Å². The van der Waals surface area contributed by atoms with E-state index in [0.717, 1.165) is 5.56 Å². The second kappa shape index (κ2) is 6.48. The fourth-order valence-corrected chi connectivity index (χ4v) is 2.09. The van der Waals surface area contributed by atoms with Gasteiger partial charge in [-0.05, 0) is 24.6 Å². The zero-order valence-electron chi connectivity index (χ0n) is 10.6. The number of ether oxygens (including phenoxy) is 1. The van der Waals surface area contributed by atoms with Crippen molar-refractivity contribution in [1.82, 2.24) is 9.78 Å². The van der Waals surface area contributed by atoms with Crippen LogP contribution in [0.1, 0.15) is 12.5 Å². The van der Waals surface area contributed by atoms with Crippen molar-refractivity contribution in [3.05, 3.63) is 55.4 Å². The molecule has 0 aliphatic heterocycles. The predicted molar refractivity (Wildman–Crippen MR) is 80.0 cm³/mol. The van der Waals surface area contributed by atoms with Crippen LogP contribution in [0.2, 0.25) is 15.1 Å². The standard InChI is InChI=1S/C13H11Cl3N2O2/c1-2-18-13(19)12(16)11(6-17-18)20-7-8-3-4-9(14)10(15)5-8/h3-6H,2,7H2,1H3. The molecule has 4 nitrogen and oxygen atoms in total. The van der Waals surface area contributed by atoms with E-state index in [1.165, 1.54) is 10.9 Å². The molecule has 0 radical (unpaired) electrons. The van der Waals surface area contributed by atoms with Gasteiger partial charge in [0, 0.05) is 6.54 Å². The van der Waals surface area contributed by atoms with E-state index in [0.29, 0.717) is 16.6 Å². The molecule has 0 atom stereocenters. The monoisotopic (exact) mass is 332 g/mol. The topological polar surface area (TPSA) is 44.1 Å². The Balaban J connectivity index is 2.17. The molecule has 1 aromatic heterocycles. The van der Waals surface area contributed by atoms with Crippen molar-refractivity contribution in [2.45, 2.75) is 20.1 Å². The molecule has 2 aromatic rings. The average molecular weight is 334 g/mol. The van der Waals surface area contributed by atoms with Gasteiger partial charge in [-0.2, -0.15) is 5.10 Å². The van der Waals surface area contributed by atoms with Crippen molar-refractivity contribution >= 4 is 34.8 Å². The highest BCUT2D eigenvalue weighted by Gasteiger charge is 2.10. The predicted octanol–water partition coefficient (Wildman–Crippen LogP) is 3.80. The van der Waals surface area contributed by atoms with Crippen molar-refractivity contribution in [2.24, 2.45) is 0 Å². The van der Waals surface area contributed by atoms with E-state index in [1.807, 2.05) is 0 Å². The van der Waals surface area contributed by atoms with Crippen LogP contribution in [0.3, 0.4) is 0 Å². The maximum Gasteiger partial charge on any atom is 0.289 e. The van der Waals surface area contributed by atoms with E-state index in [4.69, 9.17) is 39.5 Å². The van der Waals surface area contributed by atoms with E-state index < -0.39 is 0 Å². The molecule has 0 bridgehead atoms. The Bertz CT molecular complexity index is 686. The van der Waals surface area contributed by atoms with E-state index >= 15 is 0 Å². The maximum atomic E-state index is 11.8. The number of hydrogen-bond acceptors (Lipinski definition) is 3. The molecule has 0 spiro atoms. The Morgan fingerprint density at radius 2 is 2.00 bits per heavy atom. The Hall–Kier alpha value is -1.23. The van der Waals surface area contributed by atoms with Gasteiger partial charge in [-0.3, -0.25) is 4.79 Å². The lowest BCUT2D eigenvalue weighted by Gasteiger charge is -2.09. The second-order valence-electron chi connectivity index (χ2n) is 3.98. The summed E-state index contributed by atoms with van der Waals surface area (Å²) in [6.07, 6.45) is 1.42. The molecule has 0 saturated carbocycles. The van der Waals surface area contributed by atoms with Gasteiger partial charge in [-0.15, -0.1) is 0 Å². The zero-order chi connectivity index (χ0) is 14.7. The Labute approximate surface area is 130 Å². The quantitative estimate of drug-likeness (QED) is 0.855. The first-order valence-corrected chi connectivity index (χ1v) is 6.98. The number of nitrogens with zero attached hydrogens (tertiary/aromatic N) is 2. The molecule has 20 heavy (non-hydrogen) atoms. The van der Waals surface area contributed by atoms with Crippen LogP contribution in [-0.4, -0.2) is 9.78 Å². The van der Waals surface area contributed by atoms with Crippen LogP contribution in [0.4, 0.5) is 0 Å². The van der Waals surface area contributed by atoms with Crippen molar-refractivity contribution in [3.8, 4) is 5.75 Å². The molecular weight excluding hydrogens is 323 g/mol. The van der Waals surface area contributed by atoms with Crippen molar-refractivity contribution in [1.29, 1.82) is 0 Å². The van der Waals surface area contributed by atoms with Crippen LogP contribution >= 0.6 is 34.8 Å². The van der Waals surface area contributed by atoms with E-state index in [1.54, 1.807) is 25.1 Å². The molecule has 0 aliphatic carbocycles. The third kappa shape index (κ3) is 3.26. The Morgan fingerprint density at radius 1 is 1.25 bits per heavy atom. The molecular formula is C13H11Cl3N2O2. The summed E-state index contributed by atoms with van der Waals surface area (Å²) in [5, 5.41) is 4.88. The van der Waals surface area contributed by atoms with Gasteiger partial charge in [-0.1, -0.05) is 40.9 Å². The lowest BCUT2D eigenvalue weighted by atomic mass is 10.2. The highest BCUT2D eigenvalue weighted by atomic mass is 35.5. The highest BCUT2D eigenvalue weighted by molar-refractivity contribution is 6.42. The molecule has 0 amide bonds. The first-order chi connectivity index (χ1) is 9.52. The van der Waals surface area contributed by atoms with Gasteiger partial charge in [0.1, 0.15) is 6.61 Å². The second-order valence-corrected chi connectivity index (χ2v) is 5.17. The molecule has 7 heteroatoms. The molecule has 0 aliphatic rings. The number of aromatic nitrogens is 2. The van der Waals surface area contributed by atoms with Crippen molar-refractivity contribution in [2.75, 3.05) is 0 Å². The number of hydrogen-bond donors (Lipinski definition) is 0. The van der Waals surface area contributed by atoms with Crippen molar-refractivity contribution < 1.29 is 4.74 Å². The third-order valence-electron chi connectivity index (χ3n) is 2.63. The van der Waals surface area contributed by atoms with Crippen LogP contribution in [0, 0.1) is 0 Å². The first kappa shape index (κ1) is 15.2. The van der Waals surface area contributed by atoms with Crippen LogP contribution in [0.15, 0.2) is 29.2 Å². The summed E-state index contributed by atoms with van der Waals surface area (Å²) in [6.45, 7) is 2.47. The fraction of sp³-hybridized carbons (Fsp3) is 0.231. The highest BCUT2D eigenvalue weighted by Crippen LogP contribution is 2.24. The molecule has 0 unspecified atom stereocenters. The van der Waals surface area contributed by atoms with E-state index in [-0.39, 0.29) is 22.9 Å². The van der Waals surface area contributed by atoms with E-state index in [2.05, 4.69) is 5.10 Å². The van der Waals surface area contributed by atoms with E-state index in [9.17, 15) is 4.79 Å². The summed E-state index contributed by atoms with van der Waals surface area (Å²) >= 11 is 17.7. The minimum atomic E-state index is -0.374. The maximum absolute atomic E-state index is 11.8. The number of aryl methyl sites for hydroxylation is 1. The van der Waals surface area contributed by atoms with Gasteiger partial charge in [0.15, 0.2) is 10.8 Å². The van der Waals surface area contributed by atoms with Crippen LogP contribution in [0.5, 0.6) is 5.75 Å². The molecule has 2 rings (SSSR count). The zero-order valence-corrected chi connectivity index (χ0v) is 12.8. The van der Waals surface area contributed by atoms with Crippen LogP contribution < -0.4 is 10.3 Å². The van der Waals surface area contributed by atoms with Gasteiger partial charge in [0.25, 0.3) is 5.56 Å². The van der Waals surface area contributed by atoms with Gasteiger partial charge in [-0.25, -0.2) is 4.68 Å². The Kier molecular flexibility index (Phi) is 4.91. The average Bonchev–Trinajstić information content (AvgIpc) is 2.44. The fourth-order valence-electron chi connectivity index (χ4n) is 1.57. The smallest absolute Gasteiger partial charge is 0.289 e.